The maximum Gasteiger partial charge on any atom is 3.00 e. The summed E-state index contributed by atoms with van der Waals surface area (Å²) in [6, 6.07) is 0. The van der Waals surface area contributed by atoms with Crippen LogP contribution in [-0.2, 0) is 44.0 Å². The fourth-order valence-electron chi connectivity index (χ4n) is 1.23. The summed E-state index contributed by atoms with van der Waals surface area (Å²) in [6.45, 7) is 9.14. The number of nitrogens with zero attached hydrogens (tertiary/aromatic N) is 4. The molecular weight excluding hydrogens is 293 g/mol. The van der Waals surface area contributed by atoms with Crippen LogP contribution in [-0.4, -0.2) is 32.7 Å². The van der Waals surface area contributed by atoms with Gasteiger partial charge >= 0.3 is 32.7 Å². The normalized spacial score (nSPS) is 9.35. The maximum absolute atomic E-state index is 5.25. The Labute approximate surface area is 127 Å². The summed E-state index contributed by atoms with van der Waals surface area (Å²) in [4.78, 5) is 12.0. The molecular formula is C11H16N4OY+. The third-order valence-corrected chi connectivity index (χ3v) is 1.90. The van der Waals surface area contributed by atoms with Gasteiger partial charge in [0.15, 0.2) is 0 Å². The van der Waals surface area contributed by atoms with Crippen molar-refractivity contribution in [1.82, 2.24) is 19.5 Å². The molecule has 0 saturated carbocycles. The number of rotatable bonds is 4. The molecule has 0 aliphatic rings. The van der Waals surface area contributed by atoms with Crippen molar-refractivity contribution in [3.63, 3.8) is 0 Å². The summed E-state index contributed by atoms with van der Waals surface area (Å²) in [6.07, 6.45) is 5.98. The van der Waals surface area contributed by atoms with Gasteiger partial charge in [0.1, 0.15) is 0 Å². The van der Waals surface area contributed by atoms with Crippen LogP contribution in [0.2, 0.25) is 0 Å². The van der Waals surface area contributed by atoms with Crippen LogP contribution in [0.25, 0.3) is 11.2 Å². The van der Waals surface area contributed by atoms with Crippen molar-refractivity contribution in [3.8, 4) is 0 Å². The first-order chi connectivity index (χ1) is 7.92. The van der Waals surface area contributed by atoms with Gasteiger partial charge < -0.3 is 26.2 Å². The van der Waals surface area contributed by atoms with Gasteiger partial charge in [-0.1, -0.05) is 0 Å². The van der Waals surface area contributed by atoms with E-state index in [-0.39, 0.29) is 32.7 Å². The largest absolute Gasteiger partial charge is 3.00 e. The second kappa shape index (κ2) is 9.62. The summed E-state index contributed by atoms with van der Waals surface area (Å²) in [5, 5.41) is 0. The van der Waals surface area contributed by atoms with Crippen molar-refractivity contribution < 1.29 is 37.4 Å². The minimum absolute atomic E-state index is 0. The fourth-order valence-corrected chi connectivity index (χ4v) is 1.23. The molecule has 0 atom stereocenters. The number of aromatic nitrogens is 4. The van der Waals surface area contributed by atoms with Crippen LogP contribution in [0, 0.1) is 13.1 Å². The van der Waals surface area contributed by atoms with Crippen LogP contribution in [0.1, 0.15) is 13.8 Å². The Balaban J connectivity index is 0.000000811. The zero-order valence-corrected chi connectivity index (χ0v) is 13.1. The van der Waals surface area contributed by atoms with E-state index < -0.39 is 0 Å². The first kappa shape index (κ1) is 16.6. The van der Waals surface area contributed by atoms with E-state index in [1.807, 2.05) is 11.5 Å². The molecule has 0 unspecified atom stereocenters. The van der Waals surface area contributed by atoms with E-state index in [1.165, 1.54) is 6.33 Å². The predicted octanol–water partition coefficient (Wildman–Crippen LogP) is 1.50. The smallest absolute Gasteiger partial charge is 0.380 e. The van der Waals surface area contributed by atoms with E-state index in [0.717, 1.165) is 18.8 Å². The van der Waals surface area contributed by atoms with Crippen LogP contribution in [0.4, 0.5) is 0 Å². The predicted molar refractivity (Wildman–Crippen MR) is 61.7 cm³/mol. The van der Waals surface area contributed by atoms with Gasteiger partial charge in [-0.25, -0.2) is 0 Å². The van der Waals surface area contributed by atoms with Gasteiger partial charge in [-0.15, -0.1) is 0 Å². The molecule has 0 aromatic carbocycles. The molecule has 0 spiro atoms. The molecule has 0 bridgehead atoms. The van der Waals surface area contributed by atoms with E-state index >= 15 is 0 Å². The molecule has 2 aromatic heterocycles. The molecule has 0 radical (unpaired) electrons. The number of hydrogen-bond donors (Lipinski definition) is 0. The first-order valence-electron chi connectivity index (χ1n) is 5.24. The maximum atomic E-state index is 5.25. The Morgan fingerprint density at radius 3 is 2.88 bits per heavy atom. The quantitative estimate of drug-likeness (QED) is 0.634. The fraction of sp³-hybridized carbons (Fsp3) is 0.455. The molecule has 0 N–H and O–H groups in total. The van der Waals surface area contributed by atoms with E-state index in [4.69, 9.17) is 4.74 Å². The average molecular weight is 309 g/mol. The number of ether oxygens (including phenoxy) is 1. The zero-order valence-electron chi connectivity index (χ0n) is 10.3. The molecule has 5 nitrogen and oxygen atoms in total. The molecule has 6 heteroatoms. The van der Waals surface area contributed by atoms with Crippen LogP contribution in [0.15, 0.2) is 12.7 Å². The Kier molecular flexibility index (Phi) is 9.41. The molecule has 0 saturated heterocycles. The summed E-state index contributed by atoms with van der Waals surface area (Å²) >= 11 is 0. The second-order valence-electron chi connectivity index (χ2n) is 2.79. The minimum atomic E-state index is 0. The summed E-state index contributed by atoms with van der Waals surface area (Å²) in [5.41, 5.74) is 1.50. The van der Waals surface area contributed by atoms with Crippen LogP contribution < -0.4 is 0 Å². The van der Waals surface area contributed by atoms with Crippen molar-refractivity contribution in [2.45, 2.75) is 20.4 Å². The third kappa shape index (κ3) is 4.78. The Morgan fingerprint density at radius 2 is 2.18 bits per heavy atom. The molecule has 0 amide bonds. The van der Waals surface area contributed by atoms with Crippen LogP contribution in [0.3, 0.4) is 0 Å². The standard InChI is InChI=1S/C9H11N4O.C2H5.Y/c1-2-14-4-3-13-7-12-8-5-10-6-11-9(8)13;1-2;/h6-7H,2-4H2,1H3;1H2,2H3;/q2*-1;+3. The van der Waals surface area contributed by atoms with Crippen molar-refractivity contribution in [2.75, 3.05) is 13.2 Å². The van der Waals surface area contributed by atoms with Crippen LogP contribution in [0.5, 0.6) is 0 Å². The number of hydrogen-bond acceptors (Lipinski definition) is 4. The summed E-state index contributed by atoms with van der Waals surface area (Å²) in [5.74, 6) is 0. The molecule has 0 aliphatic carbocycles. The van der Waals surface area contributed by atoms with Crippen molar-refractivity contribution >= 4 is 11.2 Å². The second-order valence-corrected chi connectivity index (χ2v) is 2.79. The SMILES string of the molecule is CCOCCn1cnc2[c-]ncnc21.[CH2-]C.[Y+3]. The number of fused-ring (bicyclic) bond motifs is 1. The third-order valence-electron chi connectivity index (χ3n) is 1.90. The summed E-state index contributed by atoms with van der Waals surface area (Å²) < 4.78 is 7.19. The van der Waals surface area contributed by atoms with E-state index in [0.29, 0.717) is 12.1 Å². The topological polar surface area (TPSA) is 52.8 Å². The van der Waals surface area contributed by atoms with Gasteiger partial charge in [0.05, 0.1) is 12.9 Å². The average Bonchev–Trinajstić information content (AvgIpc) is 2.76. The van der Waals surface area contributed by atoms with Crippen molar-refractivity contribution in [3.05, 3.63) is 25.8 Å². The minimum Gasteiger partial charge on any atom is -0.380 e. The van der Waals surface area contributed by atoms with Crippen molar-refractivity contribution in [1.29, 1.82) is 0 Å². The van der Waals surface area contributed by atoms with Gasteiger partial charge in [-0.2, -0.15) is 6.92 Å². The molecule has 17 heavy (non-hydrogen) atoms. The van der Waals surface area contributed by atoms with E-state index in [2.05, 4.69) is 28.1 Å². The van der Waals surface area contributed by atoms with Gasteiger partial charge in [-0.3, -0.25) is 4.98 Å². The van der Waals surface area contributed by atoms with Crippen molar-refractivity contribution in [2.24, 2.45) is 0 Å². The molecule has 0 fully saturated rings. The molecule has 2 rings (SSSR count). The summed E-state index contributed by atoms with van der Waals surface area (Å²) in [7, 11) is 0. The monoisotopic (exact) mass is 309 g/mol. The molecule has 0 aliphatic heterocycles. The van der Waals surface area contributed by atoms with Gasteiger partial charge in [0.2, 0.25) is 0 Å². The van der Waals surface area contributed by atoms with Gasteiger partial charge in [-0.05, 0) is 13.1 Å². The molecule has 2 heterocycles. The van der Waals surface area contributed by atoms with Crippen LogP contribution >= 0.6 is 0 Å². The number of imidazole rings is 1. The molecule has 2 aromatic rings. The van der Waals surface area contributed by atoms with Gasteiger partial charge in [0, 0.05) is 30.6 Å². The zero-order chi connectivity index (χ0) is 11.8. The Bertz CT molecular complexity index is 419. The van der Waals surface area contributed by atoms with Gasteiger partial charge in [0.25, 0.3) is 0 Å². The Morgan fingerprint density at radius 1 is 1.41 bits per heavy atom. The first-order valence-corrected chi connectivity index (χ1v) is 5.24. The molecule has 88 valence electrons. The van der Waals surface area contributed by atoms with E-state index in [1.54, 1.807) is 13.3 Å². The van der Waals surface area contributed by atoms with E-state index in [9.17, 15) is 0 Å². The Hall–Kier alpha value is -0.386.